The molecule has 2 aromatic rings. The second kappa shape index (κ2) is 6.03. The van der Waals surface area contributed by atoms with Crippen LogP contribution in [0.2, 0.25) is 6.82 Å². The van der Waals surface area contributed by atoms with Crippen LogP contribution in [0.15, 0.2) is 34.4 Å². The zero-order valence-corrected chi connectivity index (χ0v) is 13.2. The summed E-state index contributed by atoms with van der Waals surface area (Å²) in [6.07, 6.45) is 3.72. The Kier molecular flexibility index (Phi) is 4.60. The average Bonchev–Trinajstić information content (AvgIpc) is 2.85. The van der Waals surface area contributed by atoms with Gasteiger partial charge in [-0.05, 0) is 47.4 Å². The largest absolute Gasteiger partial charge is 0.432 e. The second-order valence-electron chi connectivity index (χ2n) is 4.44. The number of aromatic nitrogens is 1. The molecule has 0 aliphatic rings. The molecule has 0 atom stereocenters. The van der Waals surface area contributed by atoms with Crippen LogP contribution in [-0.2, 0) is 0 Å². The molecule has 0 unspecified atom stereocenters. The Balaban J connectivity index is 2.55. The minimum absolute atomic E-state index is 0.551. The summed E-state index contributed by atoms with van der Waals surface area (Å²) < 4.78 is 0.971. The van der Waals surface area contributed by atoms with Crippen molar-refractivity contribution in [2.24, 2.45) is 0 Å². The highest BCUT2D eigenvalue weighted by molar-refractivity contribution is 9.10. The molecule has 1 aromatic carbocycles. The number of anilines is 1. The summed E-state index contributed by atoms with van der Waals surface area (Å²) in [6, 6.07) is 4.07. The van der Waals surface area contributed by atoms with Crippen molar-refractivity contribution in [3.8, 4) is 0 Å². The molecule has 0 bridgehead atoms. The number of nitrogens with zero attached hydrogens (tertiary/aromatic N) is 1. The molecular weight excluding hydrogens is 326 g/mol. The van der Waals surface area contributed by atoms with Crippen molar-refractivity contribution < 1.29 is 5.02 Å². The van der Waals surface area contributed by atoms with Crippen molar-refractivity contribution in [2.45, 2.75) is 13.7 Å². The van der Waals surface area contributed by atoms with Gasteiger partial charge in [0.1, 0.15) is 0 Å². The molecule has 0 amide bonds. The van der Waals surface area contributed by atoms with E-state index in [1.807, 2.05) is 24.0 Å². The lowest BCUT2D eigenvalue weighted by Crippen LogP contribution is -2.37. The summed E-state index contributed by atoms with van der Waals surface area (Å²) >= 11 is 9.21. The summed E-state index contributed by atoms with van der Waals surface area (Å²) in [5.74, 6) is 0. The molecule has 2 N–H and O–H groups in total. The first-order valence-corrected chi connectivity index (χ1v) is 7.25. The fraction of sp³-hybridized carbons (Fsp3) is 0.231. The Labute approximate surface area is 126 Å². The number of halogens is 2. The highest BCUT2D eigenvalue weighted by atomic mass is 79.9. The Bertz CT molecular complexity index is 612. The third-order valence-electron chi connectivity index (χ3n) is 3.11. The van der Waals surface area contributed by atoms with Gasteiger partial charge in [0.2, 0.25) is 0 Å². The van der Waals surface area contributed by atoms with Crippen LogP contribution in [0.3, 0.4) is 0 Å². The lowest BCUT2D eigenvalue weighted by molar-refractivity contribution is 0.573. The van der Waals surface area contributed by atoms with Gasteiger partial charge in [-0.25, -0.2) is 0 Å². The van der Waals surface area contributed by atoms with Gasteiger partial charge in [0.15, 0.2) is 0 Å². The molecule has 0 fully saturated rings. The zero-order valence-electron chi connectivity index (χ0n) is 10.8. The van der Waals surface area contributed by atoms with Gasteiger partial charge in [-0.15, -0.1) is 0 Å². The Morgan fingerprint density at radius 2 is 2.32 bits per heavy atom. The van der Waals surface area contributed by atoms with E-state index in [0.29, 0.717) is 6.54 Å². The summed E-state index contributed by atoms with van der Waals surface area (Å²) in [5, 5.41) is 11.1. The van der Waals surface area contributed by atoms with E-state index in [4.69, 9.17) is 11.6 Å². The second-order valence-corrected chi connectivity index (χ2v) is 5.48. The molecule has 19 heavy (non-hydrogen) atoms. The summed E-state index contributed by atoms with van der Waals surface area (Å²) in [6.45, 7) is 4.34. The molecule has 3 nitrogen and oxygen atoms in total. The smallest absolute Gasteiger partial charge is 0.409 e. The number of benzene rings is 1. The van der Waals surface area contributed by atoms with Crippen LogP contribution in [0.1, 0.15) is 5.56 Å². The van der Waals surface area contributed by atoms with Gasteiger partial charge >= 0.3 is 7.05 Å². The standard InChI is InChI=1S/C13H15BBrClN2O/c1-9-8-11(18(14(2)19)7-3-5-16)12(15)10-4-6-17-13(9)10/h3-6,8,17,19H,7H2,1-2H3/b5-3+. The maximum absolute atomic E-state index is 9.95. The molecule has 100 valence electrons. The van der Waals surface area contributed by atoms with E-state index in [2.05, 4.69) is 27.0 Å². The van der Waals surface area contributed by atoms with E-state index < -0.39 is 7.05 Å². The summed E-state index contributed by atoms with van der Waals surface area (Å²) in [7, 11) is -0.597. The topological polar surface area (TPSA) is 39.3 Å². The fourth-order valence-electron chi connectivity index (χ4n) is 2.17. The zero-order chi connectivity index (χ0) is 14.0. The quantitative estimate of drug-likeness (QED) is 0.828. The predicted octanol–water partition coefficient (Wildman–Crippen LogP) is 3.91. The van der Waals surface area contributed by atoms with E-state index in [1.54, 1.807) is 12.9 Å². The van der Waals surface area contributed by atoms with Gasteiger partial charge in [-0.1, -0.05) is 17.7 Å². The molecule has 0 saturated heterocycles. The fourth-order valence-corrected chi connectivity index (χ4v) is 2.92. The van der Waals surface area contributed by atoms with Gasteiger partial charge in [0.25, 0.3) is 0 Å². The number of fused-ring (bicyclic) bond motifs is 1. The van der Waals surface area contributed by atoms with Crippen LogP contribution in [0.5, 0.6) is 0 Å². The Morgan fingerprint density at radius 1 is 1.58 bits per heavy atom. The van der Waals surface area contributed by atoms with E-state index >= 15 is 0 Å². The number of nitrogens with one attached hydrogen (secondary N) is 1. The minimum atomic E-state index is -0.597. The predicted molar refractivity (Wildman–Crippen MR) is 86.9 cm³/mol. The maximum Gasteiger partial charge on any atom is 0.409 e. The van der Waals surface area contributed by atoms with Crippen LogP contribution in [0.25, 0.3) is 10.9 Å². The van der Waals surface area contributed by atoms with Crippen molar-refractivity contribution in [1.29, 1.82) is 0 Å². The molecule has 0 aliphatic carbocycles. The molecule has 1 aromatic heterocycles. The van der Waals surface area contributed by atoms with Crippen molar-refractivity contribution in [1.82, 2.24) is 4.98 Å². The molecule has 0 aliphatic heterocycles. The number of aromatic amines is 1. The van der Waals surface area contributed by atoms with Crippen LogP contribution in [0.4, 0.5) is 5.69 Å². The number of hydrogen-bond donors (Lipinski definition) is 2. The third-order valence-corrected chi connectivity index (χ3v) is 4.12. The van der Waals surface area contributed by atoms with Crippen LogP contribution >= 0.6 is 27.5 Å². The van der Waals surface area contributed by atoms with Crippen LogP contribution in [-0.4, -0.2) is 23.6 Å². The molecule has 0 radical (unpaired) electrons. The van der Waals surface area contributed by atoms with Crippen LogP contribution < -0.4 is 4.81 Å². The first-order valence-electron chi connectivity index (χ1n) is 6.02. The average molecular weight is 341 g/mol. The summed E-state index contributed by atoms with van der Waals surface area (Å²) in [5.41, 5.74) is 4.66. The molecular formula is C13H15BBrClN2O. The van der Waals surface area contributed by atoms with E-state index in [-0.39, 0.29) is 0 Å². The minimum Gasteiger partial charge on any atom is -0.432 e. The monoisotopic (exact) mass is 340 g/mol. The number of H-pyrrole nitrogens is 1. The van der Waals surface area contributed by atoms with E-state index in [0.717, 1.165) is 26.6 Å². The number of hydrogen-bond acceptors (Lipinski definition) is 2. The highest BCUT2D eigenvalue weighted by Crippen LogP contribution is 2.35. The van der Waals surface area contributed by atoms with Crippen molar-refractivity contribution >= 4 is 51.2 Å². The van der Waals surface area contributed by atoms with E-state index in [1.165, 1.54) is 5.54 Å². The lowest BCUT2D eigenvalue weighted by atomic mass is 9.84. The van der Waals surface area contributed by atoms with Gasteiger partial charge in [-0.2, -0.15) is 0 Å². The van der Waals surface area contributed by atoms with E-state index in [9.17, 15) is 5.02 Å². The van der Waals surface area contributed by atoms with Gasteiger partial charge < -0.3 is 14.8 Å². The van der Waals surface area contributed by atoms with Gasteiger partial charge in [0, 0.05) is 39.3 Å². The number of rotatable bonds is 4. The first-order chi connectivity index (χ1) is 9.06. The van der Waals surface area contributed by atoms with Gasteiger partial charge in [-0.3, -0.25) is 0 Å². The van der Waals surface area contributed by atoms with Crippen molar-refractivity contribution in [2.75, 3.05) is 11.4 Å². The van der Waals surface area contributed by atoms with Gasteiger partial charge in [0.05, 0.1) is 0 Å². The Hall–Kier alpha value is -0.905. The van der Waals surface area contributed by atoms with Crippen molar-refractivity contribution in [3.63, 3.8) is 0 Å². The van der Waals surface area contributed by atoms with Crippen molar-refractivity contribution in [3.05, 3.63) is 40.0 Å². The molecule has 1 heterocycles. The molecule has 6 heteroatoms. The first kappa shape index (κ1) is 14.5. The summed E-state index contributed by atoms with van der Waals surface area (Å²) in [4.78, 5) is 5.10. The number of aryl methyl sites for hydroxylation is 1. The lowest BCUT2D eigenvalue weighted by Gasteiger charge is -2.26. The molecule has 0 spiro atoms. The SMILES string of the molecule is CB(O)N(C/C=C/Cl)c1cc(C)c2[nH]ccc2c1Br. The maximum atomic E-state index is 9.95. The molecule has 0 saturated carbocycles. The third kappa shape index (κ3) is 2.83. The molecule has 2 rings (SSSR count). The normalized spacial score (nSPS) is 11.4. The highest BCUT2D eigenvalue weighted by Gasteiger charge is 2.20. The van der Waals surface area contributed by atoms with Crippen LogP contribution in [0, 0.1) is 6.92 Å². The Morgan fingerprint density at radius 3 is 2.95 bits per heavy atom.